The Morgan fingerprint density at radius 2 is 2.06 bits per heavy atom. The smallest absolute Gasteiger partial charge is 0.356 e. The second-order valence-electron chi connectivity index (χ2n) is 3.55. The van der Waals surface area contributed by atoms with Crippen LogP contribution in [0.1, 0.15) is 21.9 Å². The fourth-order valence-electron chi connectivity index (χ4n) is 1.47. The highest BCUT2D eigenvalue weighted by Gasteiger charge is 2.13. The van der Waals surface area contributed by atoms with Crippen molar-refractivity contribution >= 4 is 5.97 Å². The molecule has 0 unspecified atom stereocenters. The summed E-state index contributed by atoms with van der Waals surface area (Å²) in [6, 6.07) is 3.50. The zero-order valence-corrected chi connectivity index (χ0v) is 9.01. The van der Waals surface area contributed by atoms with E-state index in [9.17, 15) is 4.79 Å². The monoisotopic (exact) mass is 217 g/mol. The summed E-state index contributed by atoms with van der Waals surface area (Å²) in [6.07, 6.45) is 3.34. The molecule has 0 saturated carbocycles. The SMILES string of the molecule is Cc1cn(-c2ccc(C)nc2C(=O)O)cn1. The molecule has 0 amide bonds. The lowest BCUT2D eigenvalue weighted by molar-refractivity contribution is 0.0690. The molecule has 2 rings (SSSR count). The molecule has 0 aliphatic carbocycles. The van der Waals surface area contributed by atoms with Crippen molar-refractivity contribution in [1.29, 1.82) is 0 Å². The molecular formula is C11H11N3O2. The quantitative estimate of drug-likeness (QED) is 0.829. The summed E-state index contributed by atoms with van der Waals surface area (Å²) >= 11 is 0. The summed E-state index contributed by atoms with van der Waals surface area (Å²) < 4.78 is 1.66. The molecule has 0 spiro atoms. The number of rotatable bonds is 2. The zero-order valence-electron chi connectivity index (χ0n) is 9.01. The van der Waals surface area contributed by atoms with Gasteiger partial charge in [-0.1, -0.05) is 0 Å². The van der Waals surface area contributed by atoms with Gasteiger partial charge in [0.15, 0.2) is 5.69 Å². The molecule has 0 bridgehead atoms. The fourth-order valence-corrected chi connectivity index (χ4v) is 1.47. The van der Waals surface area contributed by atoms with E-state index in [0.717, 1.165) is 5.69 Å². The van der Waals surface area contributed by atoms with Crippen molar-refractivity contribution in [3.8, 4) is 5.69 Å². The van der Waals surface area contributed by atoms with Gasteiger partial charge in [0.05, 0.1) is 17.7 Å². The predicted octanol–water partition coefficient (Wildman–Crippen LogP) is 1.58. The highest BCUT2D eigenvalue weighted by atomic mass is 16.4. The molecule has 5 heteroatoms. The number of hydrogen-bond acceptors (Lipinski definition) is 3. The van der Waals surface area contributed by atoms with Gasteiger partial charge in [-0.05, 0) is 26.0 Å². The van der Waals surface area contributed by atoms with Gasteiger partial charge in [-0.3, -0.25) is 0 Å². The molecule has 0 aliphatic rings. The minimum absolute atomic E-state index is 0.0393. The molecule has 0 fully saturated rings. The molecule has 0 aliphatic heterocycles. The number of carboxylic acid groups (broad SMARTS) is 1. The third kappa shape index (κ3) is 1.79. The normalized spacial score (nSPS) is 10.4. The molecular weight excluding hydrogens is 206 g/mol. The molecule has 1 N–H and O–H groups in total. The number of aromatic carboxylic acids is 1. The Bertz CT molecular complexity index is 546. The van der Waals surface area contributed by atoms with Gasteiger partial charge < -0.3 is 9.67 Å². The summed E-state index contributed by atoms with van der Waals surface area (Å²) in [5, 5.41) is 9.06. The first-order chi connectivity index (χ1) is 7.58. The van der Waals surface area contributed by atoms with Crippen molar-refractivity contribution in [3.05, 3.63) is 41.7 Å². The van der Waals surface area contributed by atoms with Crippen LogP contribution >= 0.6 is 0 Å². The lowest BCUT2D eigenvalue weighted by atomic mass is 10.2. The van der Waals surface area contributed by atoms with Crippen molar-refractivity contribution in [3.63, 3.8) is 0 Å². The molecule has 0 atom stereocenters. The van der Waals surface area contributed by atoms with Gasteiger partial charge in [-0.25, -0.2) is 14.8 Å². The number of pyridine rings is 1. The van der Waals surface area contributed by atoms with Crippen LogP contribution in [0.25, 0.3) is 5.69 Å². The van der Waals surface area contributed by atoms with Crippen molar-refractivity contribution in [2.45, 2.75) is 13.8 Å². The van der Waals surface area contributed by atoms with Gasteiger partial charge in [0, 0.05) is 11.9 Å². The number of carboxylic acids is 1. The van der Waals surface area contributed by atoms with Crippen molar-refractivity contribution < 1.29 is 9.90 Å². The Morgan fingerprint density at radius 1 is 1.31 bits per heavy atom. The molecule has 16 heavy (non-hydrogen) atoms. The average Bonchev–Trinajstić information content (AvgIpc) is 2.64. The molecule has 82 valence electrons. The second-order valence-corrected chi connectivity index (χ2v) is 3.55. The summed E-state index contributed by atoms with van der Waals surface area (Å²) in [5.41, 5.74) is 2.08. The largest absolute Gasteiger partial charge is 0.476 e. The Morgan fingerprint density at radius 3 is 2.62 bits per heavy atom. The highest BCUT2D eigenvalue weighted by molar-refractivity contribution is 5.89. The van der Waals surface area contributed by atoms with Crippen LogP contribution in [0.3, 0.4) is 0 Å². The molecule has 0 saturated heterocycles. The molecule has 2 heterocycles. The van der Waals surface area contributed by atoms with E-state index in [1.165, 1.54) is 0 Å². The van der Waals surface area contributed by atoms with Crippen LogP contribution in [0.5, 0.6) is 0 Å². The Hall–Kier alpha value is -2.17. The number of hydrogen-bond donors (Lipinski definition) is 1. The zero-order chi connectivity index (χ0) is 11.7. The van der Waals surface area contributed by atoms with E-state index in [4.69, 9.17) is 5.11 Å². The van der Waals surface area contributed by atoms with Gasteiger partial charge in [-0.2, -0.15) is 0 Å². The number of aromatic nitrogens is 3. The highest BCUT2D eigenvalue weighted by Crippen LogP contribution is 2.14. The Balaban J connectivity index is 2.60. The van der Waals surface area contributed by atoms with Crippen molar-refractivity contribution in [2.75, 3.05) is 0 Å². The van der Waals surface area contributed by atoms with Gasteiger partial charge in [0.2, 0.25) is 0 Å². The third-order valence-corrected chi connectivity index (χ3v) is 2.21. The summed E-state index contributed by atoms with van der Waals surface area (Å²) in [6.45, 7) is 3.61. The fraction of sp³-hybridized carbons (Fsp3) is 0.182. The molecule has 0 aromatic carbocycles. The number of carbonyl (C=O) groups is 1. The number of nitrogens with zero attached hydrogens (tertiary/aromatic N) is 3. The van der Waals surface area contributed by atoms with Gasteiger partial charge in [0.1, 0.15) is 0 Å². The maximum atomic E-state index is 11.1. The first kappa shape index (κ1) is 10.4. The second kappa shape index (κ2) is 3.77. The van der Waals surface area contributed by atoms with Crippen LogP contribution in [-0.2, 0) is 0 Å². The van der Waals surface area contributed by atoms with E-state index in [-0.39, 0.29) is 5.69 Å². The topological polar surface area (TPSA) is 68.0 Å². The minimum Gasteiger partial charge on any atom is -0.476 e. The van der Waals surface area contributed by atoms with E-state index in [0.29, 0.717) is 11.4 Å². The van der Waals surface area contributed by atoms with E-state index in [1.54, 1.807) is 36.1 Å². The molecule has 0 radical (unpaired) electrons. The summed E-state index contributed by atoms with van der Waals surface area (Å²) in [7, 11) is 0. The van der Waals surface area contributed by atoms with Crippen LogP contribution < -0.4 is 0 Å². The lowest BCUT2D eigenvalue weighted by Crippen LogP contribution is -2.08. The standard InChI is InChI=1S/C11H11N3O2/c1-7-3-4-9(10(13-7)11(15)16)14-5-8(2)12-6-14/h3-6H,1-2H3,(H,15,16). The predicted molar refractivity (Wildman–Crippen MR) is 57.8 cm³/mol. The molecule has 2 aromatic heterocycles. The van der Waals surface area contributed by atoms with Gasteiger partial charge in [0.25, 0.3) is 0 Å². The van der Waals surface area contributed by atoms with Crippen molar-refractivity contribution in [2.24, 2.45) is 0 Å². The average molecular weight is 217 g/mol. The van der Waals surface area contributed by atoms with Crippen LogP contribution in [0.2, 0.25) is 0 Å². The van der Waals surface area contributed by atoms with Crippen LogP contribution in [0.15, 0.2) is 24.7 Å². The van der Waals surface area contributed by atoms with Crippen LogP contribution in [-0.4, -0.2) is 25.6 Å². The van der Waals surface area contributed by atoms with Gasteiger partial charge >= 0.3 is 5.97 Å². The first-order valence-electron chi connectivity index (χ1n) is 4.80. The van der Waals surface area contributed by atoms with E-state index in [2.05, 4.69) is 9.97 Å². The van der Waals surface area contributed by atoms with Crippen molar-refractivity contribution in [1.82, 2.24) is 14.5 Å². The minimum atomic E-state index is -1.04. The summed E-state index contributed by atoms with van der Waals surface area (Å²) in [5.74, 6) is -1.04. The Labute approximate surface area is 92.4 Å². The maximum Gasteiger partial charge on any atom is 0.356 e. The van der Waals surface area contributed by atoms with E-state index in [1.807, 2.05) is 6.92 Å². The first-order valence-corrected chi connectivity index (χ1v) is 4.80. The third-order valence-electron chi connectivity index (χ3n) is 2.21. The van der Waals surface area contributed by atoms with E-state index < -0.39 is 5.97 Å². The Kier molecular flexibility index (Phi) is 2.44. The number of imidazole rings is 1. The van der Waals surface area contributed by atoms with Crippen LogP contribution in [0, 0.1) is 13.8 Å². The van der Waals surface area contributed by atoms with Crippen LogP contribution in [0.4, 0.5) is 0 Å². The van der Waals surface area contributed by atoms with E-state index >= 15 is 0 Å². The lowest BCUT2D eigenvalue weighted by Gasteiger charge is -2.06. The molecule has 5 nitrogen and oxygen atoms in total. The summed E-state index contributed by atoms with van der Waals surface area (Å²) in [4.78, 5) is 19.1. The molecule has 2 aromatic rings. The number of aryl methyl sites for hydroxylation is 2. The van der Waals surface area contributed by atoms with Gasteiger partial charge in [-0.15, -0.1) is 0 Å². The maximum absolute atomic E-state index is 11.1.